The van der Waals surface area contributed by atoms with Gasteiger partial charge in [0.05, 0.1) is 11.4 Å². The molecule has 0 atom stereocenters. The van der Waals surface area contributed by atoms with Crippen molar-refractivity contribution in [2.75, 3.05) is 30.8 Å². The van der Waals surface area contributed by atoms with Gasteiger partial charge in [-0.3, -0.25) is 4.31 Å². The largest absolute Gasteiger partial charge is 0.457 e. The first kappa shape index (κ1) is 18.3. The second kappa shape index (κ2) is 8.70. The van der Waals surface area contributed by atoms with Gasteiger partial charge in [-0.25, -0.2) is 8.42 Å². The fourth-order valence-corrected chi connectivity index (χ4v) is 3.46. The van der Waals surface area contributed by atoms with Crippen molar-refractivity contribution in [3.8, 4) is 11.5 Å². The molecule has 0 saturated heterocycles. The molecule has 0 aliphatic rings. The number of sulfonamides is 1. The van der Waals surface area contributed by atoms with Crippen LogP contribution in [0.1, 0.15) is 12.8 Å². The van der Waals surface area contributed by atoms with Gasteiger partial charge in [0.15, 0.2) is 0 Å². The third-order valence-electron chi connectivity index (χ3n) is 3.60. The van der Waals surface area contributed by atoms with E-state index in [4.69, 9.17) is 9.47 Å². The van der Waals surface area contributed by atoms with E-state index in [-0.39, 0.29) is 5.75 Å². The minimum atomic E-state index is -3.33. The smallest absolute Gasteiger partial charge is 0.234 e. The molecule has 0 unspecified atom stereocenters. The van der Waals surface area contributed by atoms with Crippen LogP contribution < -0.4 is 9.04 Å². The molecule has 0 aliphatic heterocycles. The first-order chi connectivity index (χ1) is 11.5. The minimum Gasteiger partial charge on any atom is -0.457 e. The van der Waals surface area contributed by atoms with Crippen LogP contribution in [0.4, 0.5) is 5.69 Å². The van der Waals surface area contributed by atoms with E-state index < -0.39 is 10.0 Å². The molecule has 0 radical (unpaired) electrons. The zero-order valence-corrected chi connectivity index (χ0v) is 14.8. The minimum absolute atomic E-state index is 0.106. The van der Waals surface area contributed by atoms with Gasteiger partial charge in [-0.2, -0.15) is 0 Å². The van der Waals surface area contributed by atoms with Gasteiger partial charge in [0.25, 0.3) is 0 Å². The molecular weight excluding hydrogens is 326 g/mol. The monoisotopic (exact) mass is 349 g/mol. The molecule has 2 aromatic carbocycles. The summed E-state index contributed by atoms with van der Waals surface area (Å²) in [5.41, 5.74) is 0.613. The van der Waals surface area contributed by atoms with Crippen molar-refractivity contribution in [1.82, 2.24) is 0 Å². The van der Waals surface area contributed by atoms with Crippen LogP contribution in [-0.2, 0) is 14.8 Å². The molecule has 24 heavy (non-hydrogen) atoms. The summed E-state index contributed by atoms with van der Waals surface area (Å²) in [4.78, 5) is 0. The summed E-state index contributed by atoms with van der Waals surface area (Å²) < 4.78 is 36.6. The molecule has 0 fully saturated rings. The highest BCUT2D eigenvalue weighted by molar-refractivity contribution is 7.92. The Morgan fingerprint density at radius 2 is 1.54 bits per heavy atom. The second-order valence-corrected chi connectivity index (χ2v) is 7.51. The Morgan fingerprint density at radius 3 is 2.17 bits per heavy atom. The maximum absolute atomic E-state index is 12.3. The van der Waals surface area contributed by atoms with E-state index >= 15 is 0 Å². The lowest BCUT2D eigenvalue weighted by Crippen LogP contribution is -2.29. The summed E-state index contributed by atoms with van der Waals surface area (Å²) in [5, 5.41) is 0. The number of unbranched alkanes of at least 4 members (excludes halogenated alkanes) is 1. The van der Waals surface area contributed by atoms with Gasteiger partial charge < -0.3 is 9.47 Å². The Balaban J connectivity index is 1.98. The number of benzene rings is 2. The van der Waals surface area contributed by atoms with E-state index in [9.17, 15) is 8.42 Å². The number of hydrogen-bond donors (Lipinski definition) is 0. The topological polar surface area (TPSA) is 55.8 Å². The molecule has 0 heterocycles. The summed E-state index contributed by atoms with van der Waals surface area (Å²) in [7, 11) is -0.150. The van der Waals surface area contributed by atoms with E-state index in [1.807, 2.05) is 30.3 Å². The number of ether oxygens (including phenoxy) is 2. The summed E-state index contributed by atoms with van der Waals surface area (Å²) in [6.07, 6.45) is 1.31. The maximum atomic E-state index is 12.3. The van der Waals surface area contributed by atoms with Crippen LogP contribution >= 0.6 is 0 Å². The van der Waals surface area contributed by atoms with Crippen LogP contribution in [0.5, 0.6) is 11.5 Å². The zero-order valence-electron chi connectivity index (χ0n) is 14.0. The lowest BCUT2D eigenvalue weighted by Gasteiger charge is -2.19. The van der Waals surface area contributed by atoms with Crippen molar-refractivity contribution < 1.29 is 17.9 Å². The first-order valence-electron chi connectivity index (χ1n) is 7.81. The molecule has 6 heteroatoms. The number of nitrogens with zero attached hydrogens (tertiary/aromatic N) is 1. The van der Waals surface area contributed by atoms with Crippen LogP contribution in [0.3, 0.4) is 0 Å². The molecule has 2 rings (SSSR count). The number of methoxy groups -OCH3 is 1. The molecule has 0 bridgehead atoms. The molecule has 0 amide bonds. The Morgan fingerprint density at radius 1 is 0.917 bits per heavy atom. The van der Waals surface area contributed by atoms with Crippen molar-refractivity contribution in [1.29, 1.82) is 0 Å². The van der Waals surface area contributed by atoms with Gasteiger partial charge >= 0.3 is 0 Å². The van der Waals surface area contributed by atoms with Gasteiger partial charge in [0.1, 0.15) is 11.5 Å². The number of anilines is 1. The van der Waals surface area contributed by atoms with Gasteiger partial charge in [0, 0.05) is 20.8 Å². The highest BCUT2D eigenvalue weighted by atomic mass is 32.2. The SMILES string of the molecule is COCCCCS(=O)(=O)N(C)c1ccc(Oc2ccccc2)cc1. The fourth-order valence-electron chi connectivity index (χ4n) is 2.18. The number of hydrogen-bond acceptors (Lipinski definition) is 4. The van der Waals surface area contributed by atoms with Gasteiger partial charge in [0.2, 0.25) is 10.0 Å². The Labute approximate surface area is 143 Å². The Hall–Kier alpha value is -2.05. The van der Waals surface area contributed by atoms with Gasteiger partial charge in [-0.1, -0.05) is 18.2 Å². The lowest BCUT2D eigenvalue weighted by atomic mass is 10.3. The predicted molar refractivity (Wildman–Crippen MR) is 96.3 cm³/mol. The number of rotatable bonds is 9. The number of para-hydroxylation sites is 1. The molecule has 0 saturated carbocycles. The molecule has 130 valence electrons. The summed E-state index contributed by atoms with van der Waals surface area (Å²) >= 11 is 0. The molecule has 0 N–H and O–H groups in total. The normalized spacial score (nSPS) is 11.2. The molecule has 0 aliphatic carbocycles. The van der Waals surface area contributed by atoms with Crippen molar-refractivity contribution >= 4 is 15.7 Å². The highest BCUT2D eigenvalue weighted by Crippen LogP contribution is 2.25. The van der Waals surface area contributed by atoms with Crippen molar-refractivity contribution in [2.45, 2.75) is 12.8 Å². The maximum Gasteiger partial charge on any atom is 0.234 e. The van der Waals surface area contributed by atoms with Crippen molar-refractivity contribution in [2.24, 2.45) is 0 Å². The molecule has 0 aromatic heterocycles. The van der Waals surface area contributed by atoms with Crippen LogP contribution in [0, 0.1) is 0 Å². The second-order valence-electron chi connectivity index (χ2n) is 5.39. The standard InChI is InChI=1S/C18H23NO4S/c1-19(24(20,21)15-7-6-14-22-2)16-10-12-18(13-11-16)23-17-8-4-3-5-9-17/h3-5,8-13H,6-7,14-15H2,1-2H3. The van der Waals surface area contributed by atoms with Crippen molar-refractivity contribution in [3.63, 3.8) is 0 Å². The summed E-state index contributed by atoms with van der Waals surface area (Å²) in [5.74, 6) is 1.51. The lowest BCUT2D eigenvalue weighted by molar-refractivity contribution is 0.194. The van der Waals surface area contributed by atoms with E-state index in [0.29, 0.717) is 24.5 Å². The van der Waals surface area contributed by atoms with Crippen LogP contribution in [0.2, 0.25) is 0 Å². The highest BCUT2D eigenvalue weighted by Gasteiger charge is 2.17. The van der Waals surface area contributed by atoms with Crippen LogP contribution in [0.25, 0.3) is 0 Å². The summed E-state index contributed by atoms with van der Waals surface area (Å²) in [6.45, 7) is 0.574. The molecule has 2 aromatic rings. The zero-order chi connectivity index (χ0) is 17.4. The first-order valence-corrected chi connectivity index (χ1v) is 9.42. The molecular formula is C18H23NO4S. The van der Waals surface area contributed by atoms with E-state index in [0.717, 1.165) is 12.2 Å². The quantitative estimate of drug-likeness (QED) is 0.648. The van der Waals surface area contributed by atoms with E-state index in [1.165, 1.54) is 4.31 Å². The van der Waals surface area contributed by atoms with Crippen LogP contribution in [-0.4, -0.2) is 34.9 Å². The molecule has 5 nitrogen and oxygen atoms in total. The van der Waals surface area contributed by atoms with Gasteiger partial charge in [-0.05, 0) is 49.2 Å². The third kappa shape index (κ3) is 5.25. The summed E-state index contributed by atoms with van der Waals surface area (Å²) in [6, 6.07) is 16.5. The average Bonchev–Trinajstić information content (AvgIpc) is 2.60. The Kier molecular flexibility index (Phi) is 6.63. The van der Waals surface area contributed by atoms with E-state index in [1.54, 1.807) is 38.4 Å². The van der Waals surface area contributed by atoms with Crippen molar-refractivity contribution in [3.05, 3.63) is 54.6 Å². The van der Waals surface area contributed by atoms with E-state index in [2.05, 4.69) is 0 Å². The predicted octanol–water partition coefficient (Wildman–Crippen LogP) is 3.67. The third-order valence-corrected chi connectivity index (χ3v) is 5.45. The fraction of sp³-hybridized carbons (Fsp3) is 0.333. The Bertz CT molecular complexity index is 714. The average molecular weight is 349 g/mol. The van der Waals surface area contributed by atoms with Gasteiger partial charge in [-0.15, -0.1) is 0 Å². The van der Waals surface area contributed by atoms with Crippen LogP contribution in [0.15, 0.2) is 54.6 Å². The molecule has 0 spiro atoms.